The monoisotopic (exact) mass is 180 g/mol. The summed E-state index contributed by atoms with van der Waals surface area (Å²) in [5.74, 6) is 0. The van der Waals surface area contributed by atoms with Gasteiger partial charge in [-0.15, -0.1) is 0 Å². The molecule has 1 fully saturated rings. The SMILES string of the molecule is C1CCCCC1.[S-2].[Zn+2]. The van der Waals surface area contributed by atoms with Crippen LogP contribution in [0.4, 0.5) is 0 Å². The van der Waals surface area contributed by atoms with E-state index in [9.17, 15) is 0 Å². The van der Waals surface area contributed by atoms with Crippen molar-refractivity contribution in [3.63, 3.8) is 0 Å². The van der Waals surface area contributed by atoms with E-state index in [1.54, 1.807) is 0 Å². The fourth-order valence-corrected chi connectivity index (χ4v) is 1.06. The Kier molecular flexibility index (Phi) is 11.7. The third-order valence-electron chi connectivity index (χ3n) is 1.50. The van der Waals surface area contributed by atoms with Crippen molar-refractivity contribution in [3.8, 4) is 0 Å². The molecule has 0 nitrogen and oxygen atoms in total. The summed E-state index contributed by atoms with van der Waals surface area (Å²) in [6, 6.07) is 0. The second kappa shape index (κ2) is 7.97. The zero-order chi connectivity index (χ0) is 4.24. The minimum Gasteiger partial charge on any atom is -2.00 e. The van der Waals surface area contributed by atoms with Crippen LogP contribution in [-0.2, 0) is 33.0 Å². The first kappa shape index (κ1) is 11.7. The number of hydrogen-bond acceptors (Lipinski definition) is 0. The first-order valence-corrected chi connectivity index (χ1v) is 3.00. The van der Waals surface area contributed by atoms with E-state index >= 15 is 0 Å². The smallest absolute Gasteiger partial charge is 2.00 e. The molecule has 0 N–H and O–H groups in total. The van der Waals surface area contributed by atoms with Gasteiger partial charge in [0, 0.05) is 0 Å². The van der Waals surface area contributed by atoms with Crippen LogP contribution in [-0.4, -0.2) is 0 Å². The van der Waals surface area contributed by atoms with Crippen molar-refractivity contribution in [2.45, 2.75) is 38.5 Å². The van der Waals surface area contributed by atoms with Crippen LogP contribution >= 0.6 is 0 Å². The average molecular weight is 182 g/mol. The van der Waals surface area contributed by atoms with Crippen molar-refractivity contribution in [3.05, 3.63) is 0 Å². The van der Waals surface area contributed by atoms with Crippen molar-refractivity contribution >= 4 is 13.5 Å². The summed E-state index contributed by atoms with van der Waals surface area (Å²) < 4.78 is 0. The van der Waals surface area contributed by atoms with Gasteiger partial charge in [0.05, 0.1) is 0 Å². The van der Waals surface area contributed by atoms with Crippen LogP contribution in [0, 0.1) is 0 Å². The van der Waals surface area contributed by atoms with Crippen molar-refractivity contribution in [2.75, 3.05) is 0 Å². The number of hydrogen-bond donors (Lipinski definition) is 0. The Labute approximate surface area is 71.6 Å². The molecule has 0 unspecified atom stereocenters. The Bertz CT molecular complexity index is 24.0. The van der Waals surface area contributed by atoms with Crippen molar-refractivity contribution in [1.82, 2.24) is 0 Å². The summed E-state index contributed by atoms with van der Waals surface area (Å²) in [6.45, 7) is 0. The molecule has 0 aromatic carbocycles. The van der Waals surface area contributed by atoms with E-state index in [-0.39, 0.29) is 33.0 Å². The van der Waals surface area contributed by atoms with Gasteiger partial charge in [0.15, 0.2) is 0 Å². The molecule has 1 saturated carbocycles. The molecule has 0 aromatic heterocycles. The molecule has 0 atom stereocenters. The maximum atomic E-state index is 1.50. The predicted molar refractivity (Wildman–Crippen MR) is 35.1 cm³/mol. The molecule has 0 aromatic rings. The van der Waals surface area contributed by atoms with Crippen molar-refractivity contribution in [2.24, 2.45) is 0 Å². The van der Waals surface area contributed by atoms with Gasteiger partial charge < -0.3 is 13.5 Å². The standard InChI is InChI=1S/C6H12.S.Zn/c1-2-4-6-5-3-1;;/h1-6H2;;/q;-2;+2. The van der Waals surface area contributed by atoms with Gasteiger partial charge >= 0.3 is 19.5 Å². The van der Waals surface area contributed by atoms with Gasteiger partial charge in [0.25, 0.3) is 0 Å². The van der Waals surface area contributed by atoms with Gasteiger partial charge in [-0.1, -0.05) is 38.5 Å². The first-order chi connectivity index (χ1) is 3.00. The normalized spacial score (nSPS) is 18.0. The van der Waals surface area contributed by atoms with Gasteiger partial charge in [0.1, 0.15) is 0 Å². The van der Waals surface area contributed by atoms with Crippen LogP contribution < -0.4 is 0 Å². The predicted octanol–water partition coefficient (Wildman–Crippen LogP) is 2.34. The van der Waals surface area contributed by atoms with Gasteiger partial charge in [0.2, 0.25) is 0 Å². The molecule has 1 aliphatic rings. The van der Waals surface area contributed by atoms with Crippen molar-refractivity contribution in [1.29, 1.82) is 0 Å². The molecule has 1 rings (SSSR count). The van der Waals surface area contributed by atoms with Gasteiger partial charge in [-0.05, 0) is 0 Å². The van der Waals surface area contributed by atoms with E-state index in [1.165, 1.54) is 38.5 Å². The van der Waals surface area contributed by atoms with Crippen LogP contribution in [0.1, 0.15) is 38.5 Å². The summed E-state index contributed by atoms with van der Waals surface area (Å²) >= 11 is 0. The van der Waals surface area contributed by atoms with E-state index in [0.717, 1.165) is 0 Å². The Balaban J connectivity index is 0. The molecule has 1 aliphatic carbocycles. The molecular weight excluding hydrogens is 170 g/mol. The Morgan fingerprint density at radius 3 is 0.750 bits per heavy atom. The fraction of sp³-hybridized carbons (Fsp3) is 1.00. The third kappa shape index (κ3) is 5.12. The van der Waals surface area contributed by atoms with E-state index in [1.807, 2.05) is 0 Å². The Morgan fingerprint density at radius 2 is 0.625 bits per heavy atom. The molecule has 0 saturated heterocycles. The quantitative estimate of drug-likeness (QED) is 0.504. The molecule has 0 bridgehead atoms. The van der Waals surface area contributed by atoms with Crippen molar-refractivity contribution < 1.29 is 19.5 Å². The third-order valence-corrected chi connectivity index (χ3v) is 1.50. The van der Waals surface area contributed by atoms with E-state index < -0.39 is 0 Å². The van der Waals surface area contributed by atoms with Gasteiger partial charge in [-0.25, -0.2) is 0 Å². The first-order valence-electron chi connectivity index (χ1n) is 3.00. The minimum atomic E-state index is 0. The number of rotatable bonds is 0. The molecule has 0 heterocycles. The molecule has 44 valence electrons. The zero-order valence-electron chi connectivity index (χ0n) is 5.36. The molecule has 0 spiro atoms. The van der Waals surface area contributed by atoms with Crippen LogP contribution in [0.2, 0.25) is 0 Å². The average Bonchev–Trinajstić information content (AvgIpc) is 1.72. The Hall–Kier alpha value is 0.973. The maximum Gasteiger partial charge on any atom is 2.00 e. The van der Waals surface area contributed by atoms with Gasteiger partial charge in [-0.3, -0.25) is 0 Å². The van der Waals surface area contributed by atoms with Crippen LogP contribution in [0.25, 0.3) is 0 Å². The fourth-order valence-electron chi connectivity index (χ4n) is 1.06. The van der Waals surface area contributed by atoms with Crippen LogP contribution in [0.3, 0.4) is 0 Å². The Morgan fingerprint density at radius 1 is 0.500 bits per heavy atom. The summed E-state index contributed by atoms with van der Waals surface area (Å²) in [5.41, 5.74) is 0. The molecule has 8 heavy (non-hydrogen) atoms. The summed E-state index contributed by atoms with van der Waals surface area (Å²) in [4.78, 5) is 0. The van der Waals surface area contributed by atoms with Crippen LogP contribution in [0.15, 0.2) is 0 Å². The second-order valence-corrected chi connectivity index (χ2v) is 2.12. The molecular formula is C6H12SZn. The molecule has 0 aliphatic heterocycles. The summed E-state index contributed by atoms with van der Waals surface area (Å²) in [7, 11) is 0. The zero-order valence-corrected chi connectivity index (χ0v) is 9.14. The molecule has 0 radical (unpaired) electrons. The maximum absolute atomic E-state index is 1.50. The molecule has 2 heteroatoms. The van der Waals surface area contributed by atoms with E-state index in [0.29, 0.717) is 0 Å². The second-order valence-electron chi connectivity index (χ2n) is 2.12. The van der Waals surface area contributed by atoms with Gasteiger partial charge in [-0.2, -0.15) is 0 Å². The summed E-state index contributed by atoms with van der Waals surface area (Å²) in [5, 5.41) is 0. The topological polar surface area (TPSA) is 0 Å². The molecule has 0 amide bonds. The minimum absolute atomic E-state index is 0. The van der Waals surface area contributed by atoms with E-state index in [2.05, 4.69) is 0 Å². The largest absolute Gasteiger partial charge is 2.00 e. The van der Waals surface area contributed by atoms with Crippen LogP contribution in [0.5, 0.6) is 0 Å². The summed E-state index contributed by atoms with van der Waals surface area (Å²) in [6.07, 6.45) is 9.00. The van der Waals surface area contributed by atoms with E-state index in [4.69, 9.17) is 0 Å².